The van der Waals surface area contributed by atoms with Gasteiger partial charge in [0.15, 0.2) is 0 Å². The van der Waals surface area contributed by atoms with Crippen molar-refractivity contribution in [3.63, 3.8) is 0 Å². The fraction of sp³-hybridized carbons (Fsp3) is 0.667. The second kappa shape index (κ2) is 4.07. The Labute approximate surface area is 105 Å². The van der Waals surface area contributed by atoms with Gasteiger partial charge in [-0.1, -0.05) is 5.16 Å². The van der Waals surface area contributed by atoms with Crippen molar-refractivity contribution in [2.45, 2.75) is 25.6 Å². The molecule has 3 heterocycles. The lowest BCUT2D eigenvalue weighted by Crippen LogP contribution is -2.36. The Bertz CT molecular complexity index is 453. The van der Waals surface area contributed by atoms with Crippen molar-refractivity contribution < 1.29 is 14.4 Å². The number of likely N-dealkylation sites (N-methyl/N-ethyl adjacent to an activating group) is 1. The third kappa shape index (κ3) is 1.72. The Kier molecular flexibility index (Phi) is 2.64. The molecule has 18 heavy (non-hydrogen) atoms. The first-order chi connectivity index (χ1) is 8.56. The highest BCUT2D eigenvalue weighted by molar-refractivity contribution is 5.84. The van der Waals surface area contributed by atoms with Crippen LogP contribution in [0, 0.1) is 12.8 Å². The summed E-state index contributed by atoms with van der Waals surface area (Å²) in [4.78, 5) is 15.5. The Morgan fingerprint density at radius 2 is 2.33 bits per heavy atom. The minimum atomic E-state index is -0.843. The van der Waals surface area contributed by atoms with Gasteiger partial charge in [0.05, 0.1) is 11.7 Å². The van der Waals surface area contributed by atoms with Gasteiger partial charge in [0.1, 0.15) is 11.9 Å². The Morgan fingerprint density at radius 1 is 1.56 bits per heavy atom. The molecule has 0 bridgehead atoms. The van der Waals surface area contributed by atoms with Gasteiger partial charge in [-0.15, -0.1) is 0 Å². The second-order valence-corrected chi connectivity index (χ2v) is 5.25. The third-order valence-electron chi connectivity index (χ3n) is 3.97. The molecule has 1 amide bonds. The standard InChI is InChI=1S/C12H17N3O3/c1-7-3-8(13-18-7)4-15-5-9-10(6-15)14(2)12(17)11(9)16/h3,9-11,16H,4-6H2,1-2H3/t9-,10+,11-/m0/s1. The molecule has 0 aliphatic carbocycles. The number of carbonyl (C=O) groups excluding carboxylic acids is 1. The number of aryl methyl sites for hydroxylation is 1. The number of amides is 1. The summed E-state index contributed by atoms with van der Waals surface area (Å²) in [6.07, 6.45) is -0.843. The number of likely N-dealkylation sites (tertiary alicyclic amines) is 2. The summed E-state index contributed by atoms with van der Waals surface area (Å²) in [5.41, 5.74) is 0.899. The van der Waals surface area contributed by atoms with E-state index in [0.29, 0.717) is 6.54 Å². The van der Waals surface area contributed by atoms with E-state index in [-0.39, 0.29) is 17.9 Å². The Morgan fingerprint density at radius 3 is 2.94 bits per heavy atom. The lowest BCUT2D eigenvalue weighted by Gasteiger charge is -2.20. The molecule has 0 radical (unpaired) electrons. The van der Waals surface area contributed by atoms with Gasteiger partial charge < -0.3 is 14.5 Å². The molecule has 3 atom stereocenters. The van der Waals surface area contributed by atoms with Crippen LogP contribution < -0.4 is 0 Å². The van der Waals surface area contributed by atoms with Gasteiger partial charge in [0.2, 0.25) is 0 Å². The summed E-state index contributed by atoms with van der Waals surface area (Å²) in [5.74, 6) is 0.675. The van der Waals surface area contributed by atoms with Gasteiger partial charge in [0, 0.05) is 38.7 Å². The maximum atomic E-state index is 11.6. The molecule has 1 aromatic heterocycles. The SMILES string of the molecule is Cc1cc(CN2C[C@@H]3[C@H](O)C(=O)N(C)[C@@H]3C2)no1. The van der Waals surface area contributed by atoms with E-state index < -0.39 is 6.10 Å². The number of hydrogen-bond donors (Lipinski definition) is 1. The lowest BCUT2D eigenvalue weighted by atomic mass is 10.0. The number of carbonyl (C=O) groups is 1. The minimum absolute atomic E-state index is 0.0236. The van der Waals surface area contributed by atoms with Gasteiger partial charge in [-0.2, -0.15) is 0 Å². The maximum Gasteiger partial charge on any atom is 0.251 e. The van der Waals surface area contributed by atoms with Gasteiger partial charge >= 0.3 is 0 Å². The van der Waals surface area contributed by atoms with Crippen LogP contribution in [0.3, 0.4) is 0 Å². The zero-order valence-electron chi connectivity index (χ0n) is 10.5. The summed E-state index contributed by atoms with van der Waals surface area (Å²) in [5, 5.41) is 13.8. The van der Waals surface area contributed by atoms with Crippen molar-refractivity contribution in [2.24, 2.45) is 5.92 Å². The Hall–Kier alpha value is -1.40. The summed E-state index contributed by atoms with van der Waals surface area (Å²) in [6.45, 7) is 4.09. The van der Waals surface area contributed by atoms with Crippen molar-refractivity contribution in [3.8, 4) is 0 Å². The van der Waals surface area contributed by atoms with Gasteiger partial charge in [-0.25, -0.2) is 0 Å². The van der Waals surface area contributed by atoms with E-state index in [9.17, 15) is 9.90 Å². The monoisotopic (exact) mass is 251 g/mol. The summed E-state index contributed by atoms with van der Waals surface area (Å²) < 4.78 is 5.04. The van der Waals surface area contributed by atoms with Crippen LogP contribution in [0.4, 0.5) is 0 Å². The van der Waals surface area contributed by atoms with Crippen molar-refractivity contribution in [2.75, 3.05) is 20.1 Å². The lowest BCUT2D eigenvalue weighted by molar-refractivity contribution is -0.135. The smallest absolute Gasteiger partial charge is 0.251 e. The molecule has 0 unspecified atom stereocenters. The first kappa shape index (κ1) is 11.7. The number of aliphatic hydroxyl groups excluding tert-OH is 1. The van der Waals surface area contributed by atoms with Crippen LogP contribution in [0.15, 0.2) is 10.6 Å². The third-order valence-corrected chi connectivity index (χ3v) is 3.97. The molecule has 2 aliphatic heterocycles. The van der Waals surface area contributed by atoms with Crippen LogP contribution in [-0.2, 0) is 11.3 Å². The quantitative estimate of drug-likeness (QED) is 0.775. The highest BCUT2D eigenvalue weighted by atomic mass is 16.5. The van der Waals surface area contributed by atoms with Crippen molar-refractivity contribution in [1.82, 2.24) is 15.0 Å². The number of aromatic nitrogens is 1. The summed E-state index contributed by atoms with van der Waals surface area (Å²) in [7, 11) is 1.76. The number of fused-ring (bicyclic) bond motifs is 1. The van der Waals surface area contributed by atoms with E-state index in [1.807, 2.05) is 13.0 Å². The van der Waals surface area contributed by atoms with Crippen molar-refractivity contribution in [3.05, 3.63) is 17.5 Å². The predicted octanol–water partition coefficient (Wildman–Crippen LogP) is -0.384. The zero-order valence-corrected chi connectivity index (χ0v) is 10.5. The molecule has 6 heteroatoms. The van der Waals surface area contributed by atoms with Crippen LogP contribution >= 0.6 is 0 Å². The molecule has 0 aromatic carbocycles. The number of nitrogens with zero attached hydrogens (tertiary/aromatic N) is 3. The van der Waals surface area contributed by atoms with Crippen LogP contribution in [0.2, 0.25) is 0 Å². The number of aliphatic hydroxyl groups is 1. The largest absolute Gasteiger partial charge is 0.383 e. The summed E-state index contributed by atoms with van der Waals surface area (Å²) >= 11 is 0. The van der Waals surface area contributed by atoms with Gasteiger partial charge in [0.25, 0.3) is 5.91 Å². The molecule has 98 valence electrons. The van der Waals surface area contributed by atoms with Gasteiger partial charge in [-0.3, -0.25) is 9.69 Å². The molecule has 1 N–H and O–H groups in total. The fourth-order valence-corrected chi connectivity index (χ4v) is 3.02. The topological polar surface area (TPSA) is 69.8 Å². The van der Waals surface area contributed by atoms with Gasteiger partial charge in [-0.05, 0) is 6.92 Å². The van der Waals surface area contributed by atoms with E-state index in [1.165, 1.54) is 0 Å². The highest BCUT2D eigenvalue weighted by Gasteiger charge is 2.50. The predicted molar refractivity (Wildman–Crippen MR) is 62.6 cm³/mol. The average Bonchev–Trinajstić information content (AvgIpc) is 2.97. The number of rotatable bonds is 2. The average molecular weight is 251 g/mol. The molecule has 2 saturated heterocycles. The van der Waals surface area contributed by atoms with E-state index in [2.05, 4.69) is 10.1 Å². The van der Waals surface area contributed by atoms with Crippen LogP contribution in [0.25, 0.3) is 0 Å². The second-order valence-electron chi connectivity index (χ2n) is 5.25. The molecule has 2 fully saturated rings. The van der Waals surface area contributed by atoms with Crippen LogP contribution in [0.1, 0.15) is 11.5 Å². The molecule has 2 aliphatic rings. The maximum absolute atomic E-state index is 11.6. The molecule has 0 spiro atoms. The molecular weight excluding hydrogens is 234 g/mol. The molecule has 1 aromatic rings. The van der Waals surface area contributed by atoms with E-state index in [0.717, 1.165) is 24.5 Å². The van der Waals surface area contributed by atoms with Crippen LogP contribution in [0.5, 0.6) is 0 Å². The summed E-state index contributed by atoms with van der Waals surface area (Å²) in [6, 6.07) is 2.04. The van der Waals surface area contributed by atoms with E-state index in [4.69, 9.17) is 4.52 Å². The molecule has 0 saturated carbocycles. The molecule has 3 rings (SSSR count). The normalized spacial score (nSPS) is 32.3. The van der Waals surface area contributed by atoms with Crippen molar-refractivity contribution in [1.29, 1.82) is 0 Å². The fourth-order valence-electron chi connectivity index (χ4n) is 3.02. The highest BCUT2D eigenvalue weighted by Crippen LogP contribution is 2.32. The van der Waals surface area contributed by atoms with E-state index in [1.54, 1.807) is 11.9 Å². The first-order valence-corrected chi connectivity index (χ1v) is 6.15. The Balaban J connectivity index is 1.68. The van der Waals surface area contributed by atoms with Crippen LogP contribution in [-0.4, -0.2) is 58.3 Å². The number of hydrogen-bond acceptors (Lipinski definition) is 5. The molecule has 6 nitrogen and oxygen atoms in total. The first-order valence-electron chi connectivity index (χ1n) is 6.15. The minimum Gasteiger partial charge on any atom is -0.383 e. The van der Waals surface area contributed by atoms with Crippen molar-refractivity contribution >= 4 is 5.91 Å². The molecular formula is C12H17N3O3. The zero-order chi connectivity index (χ0) is 12.9. The van der Waals surface area contributed by atoms with E-state index >= 15 is 0 Å².